The smallest absolute Gasteiger partial charge is 0.410 e. The Balaban J connectivity index is 1.86. The molecule has 7 heteroatoms. The Hall–Kier alpha value is -1.34. The van der Waals surface area contributed by atoms with Gasteiger partial charge in [0.15, 0.2) is 0 Å². The lowest BCUT2D eigenvalue weighted by molar-refractivity contribution is 0.0194. The molecule has 3 rings (SSSR count). The number of halogens is 2. The summed E-state index contributed by atoms with van der Waals surface area (Å²) < 4.78 is 9.37. The van der Waals surface area contributed by atoms with Crippen LogP contribution in [0, 0.1) is 0 Å². The first-order chi connectivity index (χ1) is 11.2. The average molecular weight is 457 g/mol. The molecule has 1 aliphatic heterocycles. The van der Waals surface area contributed by atoms with Gasteiger partial charge in [-0.05, 0) is 48.8 Å². The molecule has 0 atom stereocenters. The molecule has 1 aromatic carbocycles. The number of benzene rings is 1. The quantitative estimate of drug-likeness (QED) is 0.617. The van der Waals surface area contributed by atoms with Crippen LogP contribution in [0.25, 0.3) is 11.3 Å². The van der Waals surface area contributed by atoms with Crippen LogP contribution >= 0.6 is 31.9 Å². The Kier molecular flexibility index (Phi) is 4.75. The highest BCUT2D eigenvalue weighted by atomic mass is 79.9. The number of fused-ring (bicyclic) bond motifs is 1. The molecule has 1 amide bonds. The highest BCUT2D eigenvalue weighted by Crippen LogP contribution is 2.34. The van der Waals surface area contributed by atoms with E-state index in [-0.39, 0.29) is 6.09 Å². The highest BCUT2D eigenvalue weighted by Gasteiger charge is 2.29. The second kappa shape index (κ2) is 6.52. The maximum absolute atomic E-state index is 12.3. The predicted octanol–water partition coefficient (Wildman–Crippen LogP) is 4.83. The summed E-state index contributed by atoms with van der Waals surface area (Å²) in [5, 5.41) is 4.70. The van der Waals surface area contributed by atoms with Gasteiger partial charge < -0.3 is 9.64 Å². The zero-order valence-electron chi connectivity index (χ0n) is 13.8. The molecule has 128 valence electrons. The van der Waals surface area contributed by atoms with Crippen LogP contribution in [0.4, 0.5) is 4.79 Å². The van der Waals surface area contributed by atoms with Crippen molar-refractivity contribution >= 4 is 38.0 Å². The van der Waals surface area contributed by atoms with E-state index in [9.17, 15) is 4.79 Å². The van der Waals surface area contributed by atoms with Crippen LogP contribution < -0.4 is 0 Å². The number of aromatic nitrogens is 2. The molecule has 1 aliphatic rings. The van der Waals surface area contributed by atoms with Gasteiger partial charge in [0.2, 0.25) is 0 Å². The van der Waals surface area contributed by atoms with Gasteiger partial charge in [0, 0.05) is 16.6 Å². The van der Waals surface area contributed by atoms with Crippen LogP contribution in [0.15, 0.2) is 33.2 Å². The van der Waals surface area contributed by atoms with Crippen LogP contribution in [0.3, 0.4) is 0 Å². The molecular formula is C17H19Br2N3O2. The molecule has 0 saturated heterocycles. The summed E-state index contributed by atoms with van der Waals surface area (Å²) in [6.45, 7) is 7.35. The molecule has 1 aromatic heterocycles. The van der Waals surface area contributed by atoms with Crippen molar-refractivity contribution < 1.29 is 9.53 Å². The third kappa shape index (κ3) is 3.67. The van der Waals surface area contributed by atoms with Gasteiger partial charge in [0.1, 0.15) is 11.3 Å². The number of hydrogen-bond donors (Lipinski definition) is 0. The van der Waals surface area contributed by atoms with Crippen molar-refractivity contribution in [1.29, 1.82) is 0 Å². The van der Waals surface area contributed by atoms with Crippen LogP contribution in [0.1, 0.15) is 26.5 Å². The fourth-order valence-corrected chi connectivity index (χ4v) is 3.63. The van der Waals surface area contributed by atoms with Gasteiger partial charge in [-0.15, -0.1) is 0 Å². The number of carbonyl (C=O) groups is 1. The van der Waals surface area contributed by atoms with Crippen LogP contribution in [0.2, 0.25) is 0 Å². The fourth-order valence-electron chi connectivity index (χ4n) is 2.59. The molecule has 0 spiro atoms. The lowest BCUT2D eigenvalue weighted by atomic mass is 10.1. The standard InChI is InChI=1S/C17H19Br2N3O2/c1-17(2,3)24-16(23)21-7-8-22-13(10-21)14(19)15(20-22)11-5-4-6-12(18)9-11/h4-6,9H,7-8,10H2,1-3H3. The number of ether oxygens (including phenoxy) is 1. The Labute approximate surface area is 158 Å². The highest BCUT2D eigenvalue weighted by molar-refractivity contribution is 9.11. The Morgan fingerprint density at radius 3 is 2.67 bits per heavy atom. The van der Waals surface area contributed by atoms with Gasteiger partial charge in [-0.1, -0.05) is 28.1 Å². The molecule has 0 unspecified atom stereocenters. The minimum atomic E-state index is -0.493. The second-order valence-corrected chi connectivity index (χ2v) is 8.45. The fraction of sp³-hybridized carbons (Fsp3) is 0.412. The van der Waals surface area contributed by atoms with Crippen molar-refractivity contribution in [2.45, 2.75) is 39.5 Å². The molecule has 24 heavy (non-hydrogen) atoms. The Morgan fingerprint density at radius 2 is 2.00 bits per heavy atom. The molecule has 0 radical (unpaired) electrons. The zero-order valence-corrected chi connectivity index (χ0v) is 17.0. The minimum absolute atomic E-state index is 0.286. The van der Waals surface area contributed by atoms with E-state index in [1.54, 1.807) is 4.90 Å². The third-order valence-corrected chi connectivity index (χ3v) is 4.99. The molecule has 5 nitrogen and oxygen atoms in total. The molecule has 0 fully saturated rings. The van der Waals surface area contributed by atoms with Crippen molar-refractivity contribution in [1.82, 2.24) is 14.7 Å². The number of amides is 1. The van der Waals surface area contributed by atoms with Crippen molar-refractivity contribution in [2.24, 2.45) is 0 Å². The van der Waals surface area contributed by atoms with Crippen LogP contribution in [-0.2, 0) is 17.8 Å². The van der Waals surface area contributed by atoms with E-state index in [0.717, 1.165) is 25.9 Å². The number of hydrogen-bond acceptors (Lipinski definition) is 3. The lowest BCUT2D eigenvalue weighted by Crippen LogP contribution is -2.41. The largest absolute Gasteiger partial charge is 0.444 e. The Bertz CT molecular complexity index is 781. The van der Waals surface area contributed by atoms with Crippen LogP contribution in [0.5, 0.6) is 0 Å². The molecular weight excluding hydrogens is 438 g/mol. The molecule has 0 N–H and O–H groups in total. The summed E-state index contributed by atoms with van der Waals surface area (Å²) in [6.07, 6.45) is -0.286. The second-order valence-electron chi connectivity index (χ2n) is 6.74. The van der Waals surface area contributed by atoms with E-state index in [1.807, 2.05) is 49.7 Å². The molecule has 0 bridgehead atoms. The Morgan fingerprint density at radius 1 is 1.25 bits per heavy atom. The number of carbonyl (C=O) groups excluding carboxylic acids is 1. The van der Waals surface area contributed by atoms with Gasteiger partial charge in [0.05, 0.1) is 23.3 Å². The summed E-state index contributed by atoms with van der Waals surface area (Å²) in [4.78, 5) is 14.0. The summed E-state index contributed by atoms with van der Waals surface area (Å²) in [7, 11) is 0. The maximum Gasteiger partial charge on any atom is 0.410 e. The first-order valence-electron chi connectivity index (χ1n) is 7.73. The third-order valence-electron chi connectivity index (χ3n) is 3.67. The molecule has 2 heterocycles. The van der Waals surface area contributed by atoms with Crippen molar-refractivity contribution in [3.8, 4) is 11.3 Å². The van der Waals surface area contributed by atoms with Gasteiger partial charge >= 0.3 is 6.09 Å². The lowest BCUT2D eigenvalue weighted by Gasteiger charge is -2.30. The van der Waals surface area contributed by atoms with E-state index in [0.29, 0.717) is 19.6 Å². The number of rotatable bonds is 1. The van der Waals surface area contributed by atoms with Crippen molar-refractivity contribution in [2.75, 3.05) is 6.54 Å². The summed E-state index contributed by atoms with van der Waals surface area (Å²) in [5.74, 6) is 0. The summed E-state index contributed by atoms with van der Waals surface area (Å²) in [6, 6.07) is 8.02. The van der Waals surface area contributed by atoms with E-state index < -0.39 is 5.60 Å². The van der Waals surface area contributed by atoms with Crippen LogP contribution in [-0.4, -0.2) is 32.9 Å². The first-order valence-corrected chi connectivity index (χ1v) is 9.32. The average Bonchev–Trinajstić information content (AvgIpc) is 2.82. The van der Waals surface area contributed by atoms with E-state index in [1.165, 1.54) is 0 Å². The van der Waals surface area contributed by atoms with Gasteiger partial charge in [-0.25, -0.2) is 4.79 Å². The zero-order chi connectivity index (χ0) is 17.5. The van der Waals surface area contributed by atoms with E-state index in [2.05, 4.69) is 31.9 Å². The van der Waals surface area contributed by atoms with Gasteiger partial charge in [0.25, 0.3) is 0 Å². The predicted molar refractivity (Wildman–Crippen MR) is 99.7 cm³/mol. The van der Waals surface area contributed by atoms with Crippen molar-refractivity contribution in [3.63, 3.8) is 0 Å². The van der Waals surface area contributed by atoms with E-state index in [4.69, 9.17) is 9.84 Å². The van der Waals surface area contributed by atoms with E-state index >= 15 is 0 Å². The van der Waals surface area contributed by atoms with Gasteiger partial charge in [-0.2, -0.15) is 5.10 Å². The molecule has 0 aliphatic carbocycles. The minimum Gasteiger partial charge on any atom is -0.444 e. The monoisotopic (exact) mass is 455 g/mol. The maximum atomic E-state index is 12.3. The molecule has 0 saturated carbocycles. The SMILES string of the molecule is CC(C)(C)OC(=O)N1CCn2nc(-c3cccc(Br)c3)c(Br)c2C1. The summed E-state index contributed by atoms with van der Waals surface area (Å²) >= 11 is 7.15. The summed E-state index contributed by atoms with van der Waals surface area (Å²) in [5.41, 5.74) is 2.41. The van der Waals surface area contributed by atoms with Gasteiger partial charge in [-0.3, -0.25) is 4.68 Å². The molecule has 2 aromatic rings. The van der Waals surface area contributed by atoms with Crippen molar-refractivity contribution in [3.05, 3.63) is 38.9 Å². The topological polar surface area (TPSA) is 47.4 Å². The first kappa shape index (κ1) is 17.5. The number of nitrogens with zero attached hydrogens (tertiary/aromatic N) is 3. The normalized spacial score (nSPS) is 14.5.